The molecular weight excluding hydrogens is 520 g/mol. The zero-order valence-corrected chi connectivity index (χ0v) is 22.4. The van der Waals surface area contributed by atoms with Gasteiger partial charge in [-0.2, -0.15) is 0 Å². The number of pyridine rings is 2. The molecule has 0 aliphatic carbocycles. The Labute approximate surface area is 230 Å². The number of amides is 1. The fourth-order valence-electron chi connectivity index (χ4n) is 5.20. The number of fused-ring (bicyclic) bond motifs is 2. The Bertz CT molecular complexity index is 1550. The second-order valence-corrected chi connectivity index (χ2v) is 9.88. The van der Waals surface area contributed by atoms with E-state index in [2.05, 4.69) is 25.9 Å². The largest absolute Gasteiger partial charge is 0.493 e. The summed E-state index contributed by atoms with van der Waals surface area (Å²) in [5.74, 6) is 1.27. The molecule has 3 aromatic heterocycles. The van der Waals surface area contributed by atoms with Crippen molar-refractivity contribution in [3.8, 4) is 28.6 Å². The highest BCUT2D eigenvalue weighted by atomic mass is 35.5. The Morgan fingerprint density at radius 2 is 1.95 bits per heavy atom. The molecule has 0 saturated carbocycles. The first kappa shape index (κ1) is 25.3. The fraction of sp³-hybridized carbons (Fsp3) is 0.321. The molecule has 11 heteroatoms. The van der Waals surface area contributed by atoms with Gasteiger partial charge in [0.05, 0.1) is 47.4 Å². The van der Waals surface area contributed by atoms with Gasteiger partial charge in [-0.3, -0.25) is 9.78 Å². The molecule has 5 heterocycles. The van der Waals surface area contributed by atoms with Gasteiger partial charge in [0.25, 0.3) is 11.8 Å². The SMILES string of the molecule is COc1cc2nccc(-c3[nH]c4c(c3Nc3cccc(Cl)c3OC)C(=O)NCC4)c2nc1OC1CCNCC1. The summed E-state index contributed by atoms with van der Waals surface area (Å²) in [7, 11) is 3.16. The third-order valence-corrected chi connectivity index (χ3v) is 7.39. The predicted octanol–water partition coefficient (Wildman–Crippen LogP) is 4.46. The topological polar surface area (TPSA) is 122 Å². The molecule has 4 aromatic rings. The van der Waals surface area contributed by atoms with Crippen LogP contribution in [0.2, 0.25) is 5.02 Å². The van der Waals surface area contributed by atoms with Crippen molar-refractivity contribution < 1.29 is 19.0 Å². The molecule has 10 nitrogen and oxygen atoms in total. The van der Waals surface area contributed by atoms with Crippen LogP contribution < -0.4 is 30.2 Å². The number of benzene rings is 1. The molecule has 4 N–H and O–H groups in total. The van der Waals surface area contributed by atoms with Crippen molar-refractivity contribution >= 4 is 39.9 Å². The second-order valence-electron chi connectivity index (χ2n) is 9.47. The Kier molecular flexibility index (Phi) is 6.88. The Balaban J connectivity index is 1.52. The number of para-hydroxylation sites is 1. The van der Waals surface area contributed by atoms with E-state index in [1.165, 1.54) is 0 Å². The first-order chi connectivity index (χ1) is 19.1. The maximum absolute atomic E-state index is 13.1. The van der Waals surface area contributed by atoms with Gasteiger partial charge in [0.1, 0.15) is 11.6 Å². The molecule has 202 valence electrons. The molecule has 1 amide bonds. The van der Waals surface area contributed by atoms with Crippen LogP contribution in [-0.2, 0) is 6.42 Å². The van der Waals surface area contributed by atoms with Crippen molar-refractivity contribution in [3.63, 3.8) is 0 Å². The van der Waals surface area contributed by atoms with Gasteiger partial charge >= 0.3 is 0 Å². The number of nitrogens with one attached hydrogen (secondary N) is 4. The van der Waals surface area contributed by atoms with Gasteiger partial charge in [0.15, 0.2) is 11.5 Å². The predicted molar refractivity (Wildman–Crippen MR) is 150 cm³/mol. The van der Waals surface area contributed by atoms with E-state index in [-0.39, 0.29) is 12.0 Å². The normalized spacial score (nSPS) is 15.5. The van der Waals surface area contributed by atoms with Crippen LogP contribution in [0.25, 0.3) is 22.3 Å². The minimum atomic E-state index is -0.162. The number of anilines is 2. The number of ether oxygens (including phenoxy) is 3. The number of rotatable bonds is 7. The molecule has 1 aromatic carbocycles. The lowest BCUT2D eigenvalue weighted by molar-refractivity contribution is 0.0947. The second kappa shape index (κ2) is 10.6. The lowest BCUT2D eigenvalue weighted by Crippen LogP contribution is -2.34. The fourth-order valence-corrected chi connectivity index (χ4v) is 5.45. The van der Waals surface area contributed by atoms with Crippen molar-refractivity contribution in [3.05, 3.63) is 52.8 Å². The average Bonchev–Trinajstić information content (AvgIpc) is 3.32. The minimum absolute atomic E-state index is 0.0410. The van der Waals surface area contributed by atoms with Crippen LogP contribution in [-0.4, -0.2) is 60.8 Å². The number of hydrogen-bond acceptors (Lipinski definition) is 8. The number of aromatic nitrogens is 3. The zero-order valence-electron chi connectivity index (χ0n) is 21.7. The van der Waals surface area contributed by atoms with Crippen LogP contribution in [0.5, 0.6) is 17.4 Å². The summed E-state index contributed by atoms with van der Waals surface area (Å²) in [6.07, 6.45) is 4.19. The Hall–Kier alpha value is -4.02. The average molecular weight is 549 g/mol. The van der Waals surface area contributed by atoms with Crippen LogP contribution in [0.1, 0.15) is 28.9 Å². The van der Waals surface area contributed by atoms with Crippen LogP contribution in [0.4, 0.5) is 11.4 Å². The van der Waals surface area contributed by atoms with Gasteiger partial charge in [0.2, 0.25) is 0 Å². The smallest absolute Gasteiger partial charge is 0.258 e. The summed E-state index contributed by atoms with van der Waals surface area (Å²) >= 11 is 6.40. The summed E-state index contributed by atoms with van der Waals surface area (Å²) in [5, 5.41) is 10.2. The number of carbonyl (C=O) groups is 1. The number of H-pyrrole nitrogens is 1. The first-order valence-electron chi connectivity index (χ1n) is 12.9. The van der Waals surface area contributed by atoms with Crippen LogP contribution in [0, 0.1) is 0 Å². The van der Waals surface area contributed by atoms with Crippen molar-refractivity contribution in [1.82, 2.24) is 25.6 Å². The highest BCUT2D eigenvalue weighted by molar-refractivity contribution is 6.32. The molecular formula is C28H29ClN6O4. The third kappa shape index (κ3) is 4.70. The molecule has 0 unspecified atom stereocenters. The van der Waals surface area contributed by atoms with E-state index in [1.54, 1.807) is 26.5 Å². The van der Waals surface area contributed by atoms with E-state index in [0.29, 0.717) is 69.0 Å². The maximum atomic E-state index is 13.1. The van der Waals surface area contributed by atoms with E-state index in [4.69, 9.17) is 30.8 Å². The summed E-state index contributed by atoms with van der Waals surface area (Å²) < 4.78 is 17.5. The van der Waals surface area contributed by atoms with Crippen LogP contribution >= 0.6 is 11.6 Å². The van der Waals surface area contributed by atoms with Gasteiger partial charge < -0.3 is 35.1 Å². The number of halogens is 1. The number of piperidine rings is 1. The summed E-state index contributed by atoms with van der Waals surface area (Å²) in [5.41, 5.74) is 5.36. The molecule has 2 aliphatic rings. The number of aromatic amines is 1. The summed E-state index contributed by atoms with van der Waals surface area (Å²) in [6, 6.07) is 9.15. The Morgan fingerprint density at radius 3 is 2.74 bits per heavy atom. The van der Waals surface area contributed by atoms with E-state index < -0.39 is 0 Å². The highest BCUT2D eigenvalue weighted by Gasteiger charge is 2.29. The molecule has 2 aliphatic heterocycles. The standard InChI is InChI=1S/C28H29ClN6O4/c1-37-21-14-20-23(35-28(21)39-15-6-10-30-11-7-15)16(8-12-31-20)24-25(22-18(33-24)9-13-32-27(22)36)34-19-5-3-4-17(29)26(19)38-2/h3-5,8,12,14-15,30,33-34H,6-7,9-11,13H2,1-2H3,(H,32,36). The Morgan fingerprint density at radius 1 is 1.10 bits per heavy atom. The number of hydrogen-bond donors (Lipinski definition) is 4. The molecule has 0 bridgehead atoms. The lowest BCUT2D eigenvalue weighted by Gasteiger charge is -2.24. The molecule has 1 fully saturated rings. The number of methoxy groups -OCH3 is 2. The van der Waals surface area contributed by atoms with Crippen LogP contribution in [0.15, 0.2) is 36.5 Å². The quantitative estimate of drug-likeness (QED) is 0.267. The van der Waals surface area contributed by atoms with Crippen molar-refractivity contribution in [1.29, 1.82) is 0 Å². The lowest BCUT2D eigenvalue weighted by atomic mass is 10.0. The zero-order chi connectivity index (χ0) is 26.9. The van der Waals surface area contributed by atoms with Crippen molar-refractivity contribution in [2.45, 2.75) is 25.4 Å². The molecule has 0 spiro atoms. The monoisotopic (exact) mass is 548 g/mol. The van der Waals surface area contributed by atoms with E-state index in [0.717, 1.165) is 37.2 Å². The van der Waals surface area contributed by atoms with Crippen molar-refractivity contribution in [2.75, 3.05) is 39.2 Å². The van der Waals surface area contributed by atoms with E-state index in [1.807, 2.05) is 24.3 Å². The maximum Gasteiger partial charge on any atom is 0.258 e. The minimum Gasteiger partial charge on any atom is -0.493 e. The van der Waals surface area contributed by atoms with Crippen molar-refractivity contribution in [2.24, 2.45) is 0 Å². The van der Waals surface area contributed by atoms with Gasteiger partial charge in [-0.25, -0.2) is 4.98 Å². The van der Waals surface area contributed by atoms with E-state index in [9.17, 15) is 4.79 Å². The summed E-state index contributed by atoms with van der Waals surface area (Å²) in [4.78, 5) is 26.1. The first-order valence-corrected chi connectivity index (χ1v) is 13.3. The van der Waals surface area contributed by atoms with Gasteiger partial charge in [-0.15, -0.1) is 0 Å². The van der Waals surface area contributed by atoms with Gasteiger partial charge in [-0.1, -0.05) is 17.7 Å². The third-order valence-electron chi connectivity index (χ3n) is 7.09. The summed E-state index contributed by atoms with van der Waals surface area (Å²) in [6.45, 7) is 2.34. The number of carbonyl (C=O) groups excluding carboxylic acids is 1. The molecule has 0 atom stereocenters. The van der Waals surface area contributed by atoms with Gasteiger partial charge in [0, 0.05) is 36.5 Å². The van der Waals surface area contributed by atoms with Gasteiger partial charge in [-0.05, 0) is 44.1 Å². The highest BCUT2D eigenvalue weighted by Crippen LogP contribution is 2.43. The molecule has 0 radical (unpaired) electrons. The van der Waals surface area contributed by atoms with E-state index >= 15 is 0 Å². The molecule has 6 rings (SSSR count). The number of nitrogens with zero attached hydrogens (tertiary/aromatic N) is 2. The molecule has 39 heavy (non-hydrogen) atoms. The molecule has 1 saturated heterocycles. The van der Waals surface area contributed by atoms with Crippen LogP contribution in [0.3, 0.4) is 0 Å².